The van der Waals surface area contributed by atoms with Crippen LogP contribution in [-0.2, 0) is 0 Å². The topological polar surface area (TPSA) is 102 Å². The zero-order valence-corrected chi connectivity index (χ0v) is 10.3. The Balaban J connectivity index is 1.79. The van der Waals surface area contributed by atoms with Crippen LogP contribution in [0.4, 0.5) is 5.69 Å². The van der Waals surface area contributed by atoms with Crippen molar-refractivity contribution in [3.05, 3.63) is 24.0 Å². The molecule has 0 unspecified atom stereocenters. The summed E-state index contributed by atoms with van der Waals surface area (Å²) in [5.74, 6) is 0.0434. The molecule has 0 atom stereocenters. The number of carbonyl (C=O) groups is 1. The highest BCUT2D eigenvalue weighted by Crippen LogP contribution is 2.40. The first-order chi connectivity index (χ1) is 9.03. The first-order valence-electron chi connectivity index (χ1n) is 5.60. The van der Waals surface area contributed by atoms with Crippen LogP contribution >= 0.6 is 0 Å². The summed E-state index contributed by atoms with van der Waals surface area (Å²) in [5, 5.41) is 15.4. The molecule has 8 nitrogen and oxygen atoms in total. The van der Waals surface area contributed by atoms with E-state index in [9.17, 15) is 4.79 Å². The number of carbonyl (C=O) groups excluding carboxylic acids is 1. The maximum atomic E-state index is 11.7. The average molecular weight is 261 g/mol. The normalized spacial score (nSPS) is 15.3. The standard InChI is InChI=1S/C11H11N5O3/c1-11(2)18-7-4-3-6(5-8(7)19-11)12-10(17)9-13-15-16-14-9/h3-5H,1-2H3,(H,12,17)(H,13,14,15,16). The van der Waals surface area contributed by atoms with Crippen LogP contribution in [0.15, 0.2) is 18.2 Å². The zero-order valence-electron chi connectivity index (χ0n) is 10.3. The molecule has 2 aromatic rings. The minimum atomic E-state index is -0.696. The molecule has 98 valence electrons. The molecular formula is C11H11N5O3. The minimum Gasteiger partial charge on any atom is -0.449 e. The molecule has 0 fully saturated rings. The van der Waals surface area contributed by atoms with Gasteiger partial charge in [0, 0.05) is 25.6 Å². The number of fused-ring (bicyclic) bond motifs is 1. The molecule has 0 radical (unpaired) electrons. The largest absolute Gasteiger partial charge is 0.449 e. The average Bonchev–Trinajstić information content (AvgIpc) is 2.93. The fraction of sp³-hybridized carbons (Fsp3) is 0.273. The van der Waals surface area contributed by atoms with E-state index >= 15 is 0 Å². The van der Waals surface area contributed by atoms with Crippen LogP contribution in [0.1, 0.15) is 24.5 Å². The number of nitrogens with one attached hydrogen (secondary N) is 2. The van der Waals surface area contributed by atoms with Crippen LogP contribution in [-0.4, -0.2) is 32.3 Å². The number of tetrazole rings is 1. The van der Waals surface area contributed by atoms with E-state index in [4.69, 9.17) is 9.47 Å². The molecule has 0 aliphatic carbocycles. The monoisotopic (exact) mass is 261 g/mol. The van der Waals surface area contributed by atoms with E-state index in [0.29, 0.717) is 17.2 Å². The Hall–Kier alpha value is -2.64. The predicted molar refractivity (Wildman–Crippen MR) is 63.9 cm³/mol. The van der Waals surface area contributed by atoms with Gasteiger partial charge in [-0.25, -0.2) is 0 Å². The number of ether oxygens (including phenoxy) is 2. The van der Waals surface area contributed by atoms with Crippen molar-refractivity contribution in [2.75, 3.05) is 5.32 Å². The van der Waals surface area contributed by atoms with Crippen molar-refractivity contribution in [2.45, 2.75) is 19.6 Å². The molecule has 8 heteroatoms. The molecule has 0 saturated heterocycles. The van der Waals surface area contributed by atoms with Gasteiger partial charge >= 0.3 is 0 Å². The highest BCUT2D eigenvalue weighted by Gasteiger charge is 2.31. The van der Waals surface area contributed by atoms with Gasteiger partial charge in [0.1, 0.15) is 0 Å². The summed E-state index contributed by atoms with van der Waals surface area (Å²) in [6.45, 7) is 3.62. The van der Waals surface area contributed by atoms with Gasteiger partial charge in [0.05, 0.1) is 0 Å². The lowest BCUT2D eigenvalue weighted by Gasteiger charge is -2.16. The molecule has 0 spiro atoms. The molecule has 1 aliphatic heterocycles. The van der Waals surface area contributed by atoms with Crippen LogP contribution in [0.25, 0.3) is 0 Å². The van der Waals surface area contributed by atoms with Crippen molar-refractivity contribution in [2.24, 2.45) is 0 Å². The SMILES string of the molecule is CC1(C)Oc2ccc(NC(=O)c3nn[nH]n3)cc2O1. The van der Waals surface area contributed by atoms with Gasteiger partial charge < -0.3 is 14.8 Å². The van der Waals surface area contributed by atoms with Gasteiger partial charge in [-0.3, -0.25) is 4.79 Å². The van der Waals surface area contributed by atoms with Gasteiger partial charge in [0.2, 0.25) is 5.79 Å². The number of rotatable bonds is 2. The number of hydrogen-bond acceptors (Lipinski definition) is 6. The fourth-order valence-corrected chi connectivity index (χ4v) is 1.75. The quantitative estimate of drug-likeness (QED) is 0.834. The van der Waals surface area contributed by atoms with Crippen molar-refractivity contribution in [1.29, 1.82) is 0 Å². The third-order valence-electron chi connectivity index (χ3n) is 2.46. The highest BCUT2D eigenvalue weighted by atomic mass is 16.7. The molecule has 1 aliphatic rings. The lowest BCUT2D eigenvalue weighted by Crippen LogP contribution is -2.29. The number of anilines is 1. The van der Waals surface area contributed by atoms with E-state index in [0.717, 1.165) is 0 Å². The Bertz CT molecular complexity index is 623. The van der Waals surface area contributed by atoms with Crippen LogP contribution in [0.2, 0.25) is 0 Å². The molecule has 2 heterocycles. The van der Waals surface area contributed by atoms with E-state index < -0.39 is 11.7 Å². The first kappa shape index (κ1) is 11.5. The second-order valence-electron chi connectivity index (χ2n) is 4.46. The van der Waals surface area contributed by atoms with Crippen molar-refractivity contribution >= 4 is 11.6 Å². The second-order valence-corrected chi connectivity index (χ2v) is 4.46. The summed E-state index contributed by atoms with van der Waals surface area (Å²) < 4.78 is 11.1. The Labute approximate surface area is 108 Å². The minimum absolute atomic E-state index is 0.0296. The van der Waals surface area contributed by atoms with Crippen LogP contribution in [0.5, 0.6) is 11.5 Å². The number of amides is 1. The Morgan fingerprint density at radius 1 is 1.32 bits per heavy atom. The lowest BCUT2D eigenvalue weighted by molar-refractivity contribution is -0.0431. The number of aromatic amines is 1. The van der Waals surface area contributed by atoms with E-state index in [-0.39, 0.29) is 5.82 Å². The molecule has 2 N–H and O–H groups in total. The van der Waals surface area contributed by atoms with E-state index in [1.54, 1.807) is 18.2 Å². The maximum Gasteiger partial charge on any atom is 0.297 e. The fourth-order valence-electron chi connectivity index (χ4n) is 1.75. The number of nitrogens with zero attached hydrogens (tertiary/aromatic N) is 3. The molecule has 1 amide bonds. The second kappa shape index (κ2) is 3.94. The summed E-state index contributed by atoms with van der Waals surface area (Å²) in [5.41, 5.74) is 0.565. The molecular weight excluding hydrogens is 250 g/mol. The molecule has 1 aromatic carbocycles. The highest BCUT2D eigenvalue weighted by molar-refractivity contribution is 6.01. The van der Waals surface area contributed by atoms with E-state index in [2.05, 4.69) is 25.9 Å². The summed E-state index contributed by atoms with van der Waals surface area (Å²) in [7, 11) is 0. The van der Waals surface area contributed by atoms with Crippen LogP contribution in [0, 0.1) is 0 Å². The van der Waals surface area contributed by atoms with Gasteiger partial charge in [-0.05, 0) is 17.3 Å². The van der Waals surface area contributed by atoms with Gasteiger partial charge in [0.25, 0.3) is 11.7 Å². The van der Waals surface area contributed by atoms with Gasteiger partial charge in [-0.2, -0.15) is 5.21 Å². The van der Waals surface area contributed by atoms with Gasteiger partial charge in [-0.15, -0.1) is 10.2 Å². The van der Waals surface area contributed by atoms with Crippen LogP contribution in [0.3, 0.4) is 0 Å². The number of benzene rings is 1. The van der Waals surface area contributed by atoms with Crippen molar-refractivity contribution in [3.8, 4) is 11.5 Å². The third-order valence-corrected chi connectivity index (χ3v) is 2.46. The maximum absolute atomic E-state index is 11.7. The van der Waals surface area contributed by atoms with E-state index in [1.165, 1.54) is 0 Å². The molecule has 1 aromatic heterocycles. The van der Waals surface area contributed by atoms with Gasteiger partial charge in [0.15, 0.2) is 11.5 Å². The zero-order chi connectivity index (χ0) is 13.5. The first-order valence-corrected chi connectivity index (χ1v) is 5.60. The summed E-state index contributed by atoms with van der Waals surface area (Å²) in [6, 6.07) is 5.12. The third kappa shape index (κ3) is 2.19. The summed E-state index contributed by atoms with van der Waals surface area (Å²) in [6.07, 6.45) is 0. The lowest BCUT2D eigenvalue weighted by atomic mass is 10.3. The Morgan fingerprint density at radius 2 is 2.11 bits per heavy atom. The van der Waals surface area contributed by atoms with Crippen LogP contribution < -0.4 is 14.8 Å². The number of aromatic nitrogens is 4. The van der Waals surface area contributed by atoms with Crippen molar-refractivity contribution in [3.63, 3.8) is 0 Å². The number of hydrogen-bond donors (Lipinski definition) is 2. The Morgan fingerprint density at radius 3 is 2.84 bits per heavy atom. The Kier molecular flexibility index (Phi) is 2.37. The number of H-pyrrole nitrogens is 1. The molecule has 19 heavy (non-hydrogen) atoms. The molecule has 3 rings (SSSR count). The van der Waals surface area contributed by atoms with Gasteiger partial charge in [-0.1, -0.05) is 0 Å². The van der Waals surface area contributed by atoms with Crippen molar-refractivity contribution in [1.82, 2.24) is 20.6 Å². The molecule has 0 saturated carbocycles. The predicted octanol–water partition coefficient (Wildman–Crippen LogP) is 0.959. The molecule has 0 bridgehead atoms. The van der Waals surface area contributed by atoms with Crippen molar-refractivity contribution < 1.29 is 14.3 Å². The smallest absolute Gasteiger partial charge is 0.297 e. The van der Waals surface area contributed by atoms with E-state index in [1.807, 2.05) is 13.8 Å². The summed E-state index contributed by atoms with van der Waals surface area (Å²) in [4.78, 5) is 11.7. The summed E-state index contributed by atoms with van der Waals surface area (Å²) >= 11 is 0.